The second-order valence-corrected chi connectivity index (χ2v) is 8.15. The lowest BCUT2D eigenvalue weighted by atomic mass is 9.96. The van der Waals surface area contributed by atoms with E-state index in [2.05, 4.69) is 41.3 Å². The van der Waals surface area contributed by atoms with Crippen molar-refractivity contribution in [3.63, 3.8) is 0 Å². The van der Waals surface area contributed by atoms with Crippen molar-refractivity contribution < 1.29 is 9.84 Å². The van der Waals surface area contributed by atoms with E-state index in [1.807, 2.05) is 37.3 Å². The maximum atomic E-state index is 10.8. The zero-order valence-corrected chi connectivity index (χ0v) is 17.9. The Morgan fingerprint density at radius 1 is 1.21 bits per heavy atom. The van der Waals surface area contributed by atoms with Crippen LogP contribution in [-0.2, 0) is 10.3 Å². The number of nitrogens with one attached hydrogen (secondary N) is 2. The summed E-state index contributed by atoms with van der Waals surface area (Å²) in [6, 6.07) is 10.2. The van der Waals surface area contributed by atoms with Gasteiger partial charge in [0.1, 0.15) is 5.60 Å². The Morgan fingerprint density at radius 3 is 2.50 bits per heavy atom. The highest BCUT2D eigenvalue weighted by Crippen LogP contribution is 2.20. The largest absolute Gasteiger partial charge is 0.384 e. The molecular formula is C22H38N4O2. The number of rotatable bonds is 9. The molecule has 0 bridgehead atoms. The maximum absolute atomic E-state index is 10.8. The normalized spacial score (nSPS) is 19.3. The molecule has 0 saturated carbocycles. The van der Waals surface area contributed by atoms with Gasteiger partial charge in [0.05, 0.1) is 19.8 Å². The molecule has 158 valence electrons. The molecule has 0 spiro atoms. The van der Waals surface area contributed by atoms with Crippen LogP contribution in [0.3, 0.4) is 0 Å². The molecule has 1 aromatic carbocycles. The van der Waals surface area contributed by atoms with Gasteiger partial charge in [-0.25, -0.2) is 4.99 Å². The highest BCUT2D eigenvalue weighted by molar-refractivity contribution is 5.79. The molecule has 1 aromatic rings. The van der Waals surface area contributed by atoms with Gasteiger partial charge >= 0.3 is 0 Å². The van der Waals surface area contributed by atoms with Crippen LogP contribution >= 0.6 is 0 Å². The maximum Gasteiger partial charge on any atom is 0.191 e. The van der Waals surface area contributed by atoms with Crippen LogP contribution in [0.2, 0.25) is 0 Å². The molecule has 0 aliphatic carbocycles. The zero-order chi connectivity index (χ0) is 20.4. The molecule has 28 heavy (non-hydrogen) atoms. The number of morpholine rings is 1. The third-order valence-corrected chi connectivity index (χ3v) is 5.10. The Hall–Kier alpha value is -1.63. The highest BCUT2D eigenvalue weighted by atomic mass is 16.5. The minimum absolute atomic E-state index is 0.304. The van der Waals surface area contributed by atoms with Gasteiger partial charge < -0.3 is 20.5 Å². The number of nitrogens with zero attached hydrogens (tertiary/aromatic N) is 2. The topological polar surface area (TPSA) is 69.1 Å². The molecule has 0 aromatic heterocycles. The molecular weight excluding hydrogens is 352 g/mol. The summed E-state index contributed by atoms with van der Waals surface area (Å²) in [5.41, 5.74) is -0.119. The van der Waals surface area contributed by atoms with Gasteiger partial charge in [-0.15, -0.1) is 0 Å². The molecule has 0 radical (unpaired) electrons. The number of aliphatic hydroxyl groups is 1. The van der Waals surface area contributed by atoms with Crippen molar-refractivity contribution in [3.8, 4) is 0 Å². The first-order chi connectivity index (χ1) is 13.4. The number of hydrogen-bond donors (Lipinski definition) is 3. The van der Waals surface area contributed by atoms with Crippen molar-refractivity contribution >= 4 is 5.96 Å². The summed E-state index contributed by atoms with van der Waals surface area (Å²) in [4.78, 5) is 7.17. The van der Waals surface area contributed by atoms with Gasteiger partial charge in [-0.05, 0) is 31.7 Å². The van der Waals surface area contributed by atoms with Gasteiger partial charge in [-0.3, -0.25) is 4.90 Å². The summed E-state index contributed by atoms with van der Waals surface area (Å²) in [6.45, 7) is 13.9. The van der Waals surface area contributed by atoms with Crippen LogP contribution in [0.1, 0.15) is 39.7 Å². The Bertz CT molecular complexity index is 583. The Balaban J connectivity index is 2.00. The van der Waals surface area contributed by atoms with E-state index >= 15 is 0 Å². The summed E-state index contributed by atoms with van der Waals surface area (Å²) in [6.07, 6.45) is 1.13. The second kappa shape index (κ2) is 11.4. The van der Waals surface area contributed by atoms with Crippen LogP contribution in [0.5, 0.6) is 0 Å². The summed E-state index contributed by atoms with van der Waals surface area (Å²) < 4.78 is 5.51. The fourth-order valence-corrected chi connectivity index (χ4v) is 3.53. The van der Waals surface area contributed by atoms with Crippen molar-refractivity contribution in [2.75, 3.05) is 45.9 Å². The number of hydrogen-bond acceptors (Lipinski definition) is 4. The predicted octanol–water partition coefficient (Wildman–Crippen LogP) is 2.20. The minimum atomic E-state index is -0.995. The van der Waals surface area contributed by atoms with E-state index in [1.165, 1.54) is 0 Å². The summed E-state index contributed by atoms with van der Waals surface area (Å²) >= 11 is 0. The molecule has 1 saturated heterocycles. The monoisotopic (exact) mass is 390 g/mol. The minimum Gasteiger partial charge on any atom is -0.384 e. The van der Waals surface area contributed by atoms with E-state index in [0.717, 1.165) is 57.3 Å². The van der Waals surface area contributed by atoms with Crippen LogP contribution in [-0.4, -0.2) is 67.9 Å². The number of ether oxygens (including phenoxy) is 1. The lowest BCUT2D eigenvalue weighted by molar-refractivity contribution is 0.0132. The van der Waals surface area contributed by atoms with Crippen molar-refractivity contribution in [3.05, 3.63) is 35.9 Å². The molecule has 2 unspecified atom stereocenters. The number of benzene rings is 1. The average molecular weight is 391 g/mol. The molecule has 6 heteroatoms. The van der Waals surface area contributed by atoms with Crippen molar-refractivity contribution in [1.82, 2.24) is 15.5 Å². The first-order valence-electron chi connectivity index (χ1n) is 10.5. The van der Waals surface area contributed by atoms with Crippen LogP contribution in [0, 0.1) is 5.92 Å². The van der Waals surface area contributed by atoms with Gasteiger partial charge in [-0.2, -0.15) is 0 Å². The van der Waals surface area contributed by atoms with Crippen molar-refractivity contribution in [2.24, 2.45) is 10.9 Å². The average Bonchev–Trinajstić information content (AvgIpc) is 2.70. The number of guanidine groups is 1. The fourth-order valence-electron chi connectivity index (χ4n) is 3.53. The molecule has 2 atom stereocenters. The third kappa shape index (κ3) is 7.41. The second-order valence-electron chi connectivity index (χ2n) is 8.15. The lowest BCUT2D eigenvalue weighted by Gasteiger charge is -2.36. The molecule has 3 N–H and O–H groups in total. The molecule has 0 amide bonds. The van der Waals surface area contributed by atoms with Crippen molar-refractivity contribution in [2.45, 2.75) is 45.8 Å². The van der Waals surface area contributed by atoms with Gasteiger partial charge in [-0.1, -0.05) is 44.2 Å². The van der Waals surface area contributed by atoms with Crippen LogP contribution < -0.4 is 10.6 Å². The standard InChI is InChI=1S/C22H38N4O2/c1-5-23-21(25-17-22(4,27)19-9-7-6-8-10-19)24-16-20(15-18(2)3)26-11-13-28-14-12-26/h6-10,18,20,27H,5,11-17H2,1-4H3,(H2,23,24,25). The van der Waals surface area contributed by atoms with E-state index in [1.54, 1.807) is 0 Å². The third-order valence-electron chi connectivity index (χ3n) is 5.10. The molecule has 1 aliphatic rings. The molecule has 6 nitrogen and oxygen atoms in total. The smallest absolute Gasteiger partial charge is 0.191 e. The Kier molecular flexibility index (Phi) is 9.22. The highest BCUT2D eigenvalue weighted by Gasteiger charge is 2.24. The van der Waals surface area contributed by atoms with E-state index in [0.29, 0.717) is 18.5 Å². The van der Waals surface area contributed by atoms with Crippen LogP contribution in [0.25, 0.3) is 0 Å². The van der Waals surface area contributed by atoms with E-state index in [9.17, 15) is 5.11 Å². The van der Waals surface area contributed by atoms with Crippen LogP contribution in [0.15, 0.2) is 35.3 Å². The van der Waals surface area contributed by atoms with Crippen LogP contribution in [0.4, 0.5) is 0 Å². The summed E-state index contributed by atoms with van der Waals surface area (Å²) in [5.74, 6) is 1.38. The molecule has 1 heterocycles. The van der Waals surface area contributed by atoms with Gasteiger partial charge in [0.2, 0.25) is 0 Å². The predicted molar refractivity (Wildman–Crippen MR) is 116 cm³/mol. The summed E-state index contributed by atoms with van der Waals surface area (Å²) in [5, 5.41) is 17.6. The lowest BCUT2D eigenvalue weighted by Crippen LogP contribution is -2.51. The molecule has 1 fully saturated rings. The summed E-state index contributed by atoms with van der Waals surface area (Å²) in [7, 11) is 0. The van der Waals surface area contributed by atoms with E-state index in [4.69, 9.17) is 4.74 Å². The Labute approximate surface area is 170 Å². The SMILES string of the molecule is CCNC(=NCC(C)(O)c1ccccc1)NCC(CC(C)C)N1CCOCC1. The molecule has 2 rings (SSSR count). The zero-order valence-electron chi connectivity index (χ0n) is 17.9. The van der Waals surface area contributed by atoms with Gasteiger partial charge in [0, 0.05) is 32.2 Å². The number of aliphatic imine (C=N–C) groups is 1. The Morgan fingerprint density at radius 2 is 1.89 bits per heavy atom. The van der Waals surface area contributed by atoms with E-state index < -0.39 is 5.60 Å². The molecule has 1 aliphatic heterocycles. The first kappa shape index (κ1) is 22.7. The van der Waals surface area contributed by atoms with E-state index in [-0.39, 0.29) is 0 Å². The van der Waals surface area contributed by atoms with Crippen molar-refractivity contribution in [1.29, 1.82) is 0 Å². The fraction of sp³-hybridized carbons (Fsp3) is 0.682. The van der Waals surface area contributed by atoms with Gasteiger partial charge in [0.25, 0.3) is 0 Å². The van der Waals surface area contributed by atoms with Gasteiger partial charge in [0.15, 0.2) is 5.96 Å². The quantitative estimate of drug-likeness (QED) is 0.445. The first-order valence-corrected chi connectivity index (χ1v) is 10.5.